The molecule has 0 spiro atoms. The number of benzene rings is 1. The maximum absolute atomic E-state index is 6.20. The minimum Gasteiger partial charge on any atom is -0.375 e. The number of halogens is 1. The van der Waals surface area contributed by atoms with Gasteiger partial charge in [0.25, 0.3) is 0 Å². The normalized spacial score (nSPS) is 16.7. The standard InChI is InChI=1S/C21H29ClN4OS/c1-5-23-20(26(3)12-18-13-28-19(25-18)15(2)27-4)24-14-21(9-10-21)16-7-6-8-17(22)11-16/h6-8,11,13,15H,5,9-10,12,14H2,1-4H3,(H,23,24). The number of rotatable bonds is 8. The Morgan fingerprint density at radius 2 is 2.25 bits per heavy atom. The Kier molecular flexibility index (Phi) is 6.96. The smallest absolute Gasteiger partial charge is 0.194 e. The van der Waals surface area contributed by atoms with E-state index < -0.39 is 0 Å². The van der Waals surface area contributed by atoms with Crippen molar-refractivity contribution in [3.8, 4) is 0 Å². The van der Waals surface area contributed by atoms with Crippen molar-refractivity contribution in [2.45, 2.75) is 44.8 Å². The summed E-state index contributed by atoms with van der Waals surface area (Å²) in [6.07, 6.45) is 2.34. The van der Waals surface area contributed by atoms with Crippen molar-refractivity contribution in [1.82, 2.24) is 15.2 Å². The summed E-state index contributed by atoms with van der Waals surface area (Å²) in [5.41, 5.74) is 2.46. The third kappa shape index (κ3) is 5.04. The van der Waals surface area contributed by atoms with E-state index in [4.69, 9.17) is 26.3 Å². The topological polar surface area (TPSA) is 49.8 Å². The van der Waals surface area contributed by atoms with E-state index in [2.05, 4.69) is 41.7 Å². The lowest BCUT2D eigenvalue weighted by molar-refractivity contribution is 0.119. The van der Waals surface area contributed by atoms with Crippen LogP contribution < -0.4 is 5.32 Å². The van der Waals surface area contributed by atoms with Gasteiger partial charge in [-0.15, -0.1) is 11.3 Å². The Hall–Kier alpha value is -1.63. The fourth-order valence-corrected chi connectivity index (χ4v) is 4.24. The van der Waals surface area contributed by atoms with Gasteiger partial charge in [0, 0.05) is 36.5 Å². The predicted octanol–water partition coefficient (Wildman–Crippen LogP) is 4.63. The number of methoxy groups -OCH3 is 1. The van der Waals surface area contributed by atoms with E-state index in [-0.39, 0.29) is 11.5 Å². The molecule has 28 heavy (non-hydrogen) atoms. The summed E-state index contributed by atoms with van der Waals surface area (Å²) in [6, 6.07) is 8.20. The maximum atomic E-state index is 6.20. The summed E-state index contributed by atoms with van der Waals surface area (Å²) >= 11 is 7.84. The van der Waals surface area contributed by atoms with Crippen LogP contribution in [-0.4, -0.2) is 43.1 Å². The SMILES string of the molecule is CCNC(=NCC1(c2cccc(Cl)c2)CC1)N(C)Cc1csc(C(C)OC)n1. The molecule has 1 fully saturated rings. The Morgan fingerprint density at radius 1 is 1.46 bits per heavy atom. The molecule has 1 aliphatic carbocycles. The molecule has 3 rings (SSSR count). The van der Waals surface area contributed by atoms with Crippen LogP contribution >= 0.6 is 22.9 Å². The van der Waals surface area contributed by atoms with Crippen LogP contribution in [0.15, 0.2) is 34.6 Å². The van der Waals surface area contributed by atoms with Gasteiger partial charge in [-0.3, -0.25) is 4.99 Å². The highest BCUT2D eigenvalue weighted by molar-refractivity contribution is 7.09. The van der Waals surface area contributed by atoms with Gasteiger partial charge in [-0.1, -0.05) is 23.7 Å². The molecule has 1 saturated carbocycles. The first-order valence-electron chi connectivity index (χ1n) is 9.70. The number of thiazole rings is 1. The van der Waals surface area contributed by atoms with Gasteiger partial charge in [0.1, 0.15) is 11.1 Å². The predicted molar refractivity (Wildman–Crippen MR) is 117 cm³/mol. The number of nitrogens with one attached hydrogen (secondary N) is 1. The molecule has 1 unspecified atom stereocenters. The van der Waals surface area contributed by atoms with Crippen molar-refractivity contribution in [3.63, 3.8) is 0 Å². The fraction of sp³-hybridized carbons (Fsp3) is 0.524. The van der Waals surface area contributed by atoms with E-state index >= 15 is 0 Å². The van der Waals surface area contributed by atoms with Crippen molar-refractivity contribution >= 4 is 28.9 Å². The third-order valence-electron chi connectivity index (χ3n) is 5.19. The van der Waals surface area contributed by atoms with Gasteiger partial charge in [-0.25, -0.2) is 4.98 Å². The Labute approximate surface area is 176 Å². The van der Waals surface area contributed by atoms with Crippen molar-refractivity contribution in [2.75, 3.05) is 27.2 Å². The van der Waals surface area contributed by atoms with E-state index in [1.807, 2.05) is 19.1 Å². The number of aliphatic imine (C=N–C) groups is 1. The van der Waals surface area contributed by atoms with Crippen molar-refractivity contribution in [1.29, 1.82) is 0 Å². The maximum Gasteiger partial charge on any atom is 0.194 e. The highest BCUT2D eigenvalue weighted by Crippen LogP contribution is 2.48. The van der Waals surface area contributed by atoms with Crippen molar-refractivity contribution < 1.29 is 4.74 Å². The van der Waals surface area contributed by atoms with E-state index in [0.29, 0.717) is 6.54 Å². The largest absolute Gasteiger partial charge is 0.375 e. The summed E-state index contributed by atoms with van der Waals surface area (Å²) in [6.45, 7) is 6.42. The third-order valence-corrected chi connectivity index (χ3v) is 6.48. The Balaban J connectivity index is 1.69. The lowest BCUT2D eigenvalue weighted by atomic mass is 9.96. The molecule has 1 aliphatic rings. The molecule has 0 radical (unpaired) electrons. The molecule has 7 heteroatoms. The van der Waals surface area contributed by atoms with Gasteiger partial charge < -0.3 is 15.0 Å². The molecule has 0 bridgehead atoms. The van der Waals surface area contributed by atoms with Gasteiger partial charge in [0.05, 0.1) is 18.8 Å². The van der Waals surface area contributed by atoms with E-state index in [9.17, 15) is 0 Å². The second-order valence-electron chi connectivity index (χ2n) is 7.37. The minimum atomic E-state index is 0.0263. The van der Waals surface area contributed by atoms with Gasteiger partial charge in [0.2, 0.25) is 0 Å². The number of aromatic nitrogens is 1. The molecular weight excluding hydrogens is 392 g/mol. The van der Waals surface area contributed by atoms with Gasteiger partial charge >= 0.3 is 0 Å². The molecule has 2 aromatic rings. The molecule has 152 valence electrons. The lowest BCUT2D eigenvalue weighted by Gasteiger charge is -2.22. The second-order valence-corrected chi connectivity index (χ2v) is 8.70. The summed E-state index contributed by atoms with van der Waals surface area (Å²) < 4.78 is 5.36. The van der Waals surface area contributed by atoms with Crippen LogP contribution in [0, 0.1) is 0 Å². The van der Waals surface area contributed by atoms with E-state index in [1.165, 1.54) is 5.56 Å². The zero-order valence-electron chi connectivity index (χ0n) is 17.0. The molecule has 5 nitrogen and oxygen atoms in total. The van der Waals surface area contributed by atoms with Gasteiger partial charge in [0.15, 0.2) is 5.96 Å². The molecule has 1 atom stereocenters. The van der Waals surface area contributed by atoms with Crippen LogP contribution in [0.1, 0.15) is 49.1 Å². The van der Waals surface area contributed by atoms with Crippen LogP contribution in [0.3, 0.4) is 0 Å². The quantitative estimate of drug-likeness (QED) is 0.499. The monoisotopic (exact) mass is 420 g/mol. The van der Waals surface area contributed by atoms with Crippen LogP contribution in [0.25, 0.3) is 0 Å². The summed E-state index contributed by atoms with van der Waals surface area (Å²) in [5, 5.41) is 7.30. The average molecular weight is 421 g/mol. The van der Waals surface area contributed by atoms with Crippen LogP contribution in [0.2, 0.25) is 5.02 Å². The van der Waals surface area contributed by atoms with Crippen LogP contribution in [0.4, 0.5) is 0 Å². The first kappa shape index (κ1) is 21.1. The number of ether oxygens (including phenoxy) is 1. The van der Waals surface area contributed by atoms with Crippen molar-refractivity contribution in [2.24, 2.45) is 4.99 Å². The first-order valence-corrected chi connectivity index (χ1v) is 11.0. The number of guanidine groups is 1. The molecule has 1 aromatic heterocycles. The Bertz CT molecular complexity index is 818. The molecule has 1 aromatic carbocycles. The molecular formula is C21H29ClN4OS. The number of hydrogen-bond acceptors (Lipinski definition) is 4. The first-order chi connectivity index (χ1) is 13.5. The van der Waals surface area contributed by atoms with Crippen LogP contribution in [0.5, 0.6) is 0 Å². The average Bonchev–Trinajstić information content (AvgIpc) is 3.35. The summed E-state index contributed by atoms with van der Waals surface area (Å²) in [7, 11) is 3.76. The lowest BCUT2D eigenvalue weighted by Crippen LogP contribution is -2.39. The van der Waals surface area contributed by atoms with Crippen LogP contribution in [-0.2, 0) is 16.7 Å². The van der Waals surface area contributed by atoms with Gasteiger partial charge in [-0.2, -0.15) is 0 Å². The Morgan fingerprint density at radius 3 is 2.89 bits per heavy atom. The molecule has 0 saturated heterocycles. The highest BCUT2D eigenvalue weighted by Gasteiger charge is 2.44. The fourth-order valence-electron chi connectivity index (χ4n) is 3.20. The summed E-state index contributed by atoms with van der Waals surface area (Å²) in [5.74, 6) is 0.908. The van der Waals surface area contributed by atoms with E-state index in [0.717, 1.165) is 47.6 Å². The summed E-state index contributed by atoms with van der Waals surface area (Å²) in [4.78, 5) is 11.8. The van der Waals surface area contributed by atoms with Crippen molar-refractivity contribution in [3.05, 3.63) is 50.9 Å². The zero-order valence-corrected chi connectivity index (χ0v) is 18.6. The second kappa shape index (κ2) is 9.25. The number of hydrogen-bond donors (Lipinski definition) is 1. The van der Waals surface area contributed by atoms with Gasteiger partial charge in [-0.05, 0) is 44.4 Å². The molecule has 0 amide bonds. The zero-order chi connectivity index (χ0) is 20.1. The molecule has 1 N–H and O–H groups in total. The molecule has 0 aliphatic heterocycles. The van der Waals surface area contributed by atoms with E-state index in [1.54, 1.807) is 18.4 Å². The molecule has 1 heterocycles. The number of nitrogens with zero attached hydrogens (tertiary/aromatic N) is 3. The highest BCUT2D eigenvalue weighted by atomic mass is 35.5. The minimum absolute atomic E-state index is 0.0263.